The molecule has 6 nitrogen and oxygen atoms in total. The van der Waals surface area contributed by atoms with Gasteiger partial charge in [-0.05, 0) is 43.7 Å². The van der Waals surface area contributed by atoms with Gasteiger partial charge < -0.3 is 5.11 Å². The Balaban J connectivity index is 2.03. The topological polar surface area (TPSA) is 80.9 Å². The van der Waals surface area contributed by atoms with Crippen LogP contribution in [0.3, 0.4) is 0 Å². The number of pyridine rings is 1. The Morgan fingerprint density at radius 2 is 1.90 bits per heavy atom. The second-order valence-corrected chi connectivity index (χ2v) is 5.69. The lowest BCUT2D eigenvalue weighted by atomic mass is 9.87. The van der Waals surface area contributed by atoms with Gasteiger partial charge in [0.05, 0.1) is 6.04 Å². The zero-order valence-corrected chi connectivity index (χ0v) is 11.9. The summed E-state index contributed by atoms with van der Waals surface area (Å²) in [4.78, 5) is 15.4. The van der Waals surface area contributed by atoms with E-state index in [1.807, 2.05) is 0 Å². The maximum atomic E-state index is 11.4. The molecule has 6 heteroatoms. The highest BCUT2D eigenvalue weighted by molar-refractivity contribution is 5.92. The Morgan fingerprint density at radius 3 is 2.52 bits per heavy atom. The fraction of sp³-hybridized carbons (Fsp3) is 0.467. The van der Waals surface area contributed by atoms with Crippen LogP contribution in [-0.2, 0) is 0 Å². The van der Waals surface area contributed by atoms with E-state index < -0.39 is 5.97 Å². The van der Waals surface area contributed by atoms with Crippen molar-refractivity contribution in [3.63, 3.8) is 0 Å². The first-order valence-electron chi connectivity index (χ1n) is 7.25. The molecule has 0 radical (unpaired) electrons. The molecule has 0 unspecified atom stereocenters. The summed E-state index contributed by atoms with van der Waals surface area (Å²) in [7, 11) is 0. The second-order valence-electron chi connectivity index (χ2n) is 5.69. The molecular formula is C15H18N4O2. The van der Waals surface area contributed by atoms with Gasteiger partial charge in [0.1, 0.15) is 5.69 Å². The molecule has 0 spiro atoms. The van der Waals surface area contributed by atoms with Gasteiger partial charge in [0.25, 0.3) is 0 Å². The number of aromatic nitrogens is 4. The van der Waals surface area contributed by atoms with E-state index in [4.69, 9.17) is 0 Å². The second kappa shape index (κ2) is 5.63. The molecule has 1 aliphatic carbocycles. The number of hydrogen-bond acceptors (Lipinski definition) is 4. The van der Waals surface area contributed by atoms with Crippen LogP contribution in [0.15, 0.2) is 24.5 Å². The van der Waals surface area contributed by atoms with Gasteiger partial charge in [0.2, 0.25) is 0 Å². The molecule has 0 saturated heterocycles. The van der Waals surface area contributed by atoms with Gasteiger partial charge in [-0.3, -0.25) is 4.98 Å². The summed E-state index contributed by atoms with van der Waals surface area (Å²) in [5, 5.41) is 17.4. The summed E-state index contributed by atoms with van der Waals surface area (Å²) >= 11 is 0. The molecule has 2 aromatic heterocycles. The van der Waals surface area contributed by atoms with Crippen LogP contribution in [0.2, 0.25) is 0 Å². The molecule has 2 heterocycles. The normalized spacial score (nSPS) is 22.1. The average molecular weight is 286 g/mol. The summed E-state index contributed by atoms with van der Waals surface area (Å²) in [6, 6.07) is 3.82. The van der Waals surface area contributed by atoms with Crippen molar-refractivity contribution >= 4 is 5.97 Å². The van der Waals surface area contributed by atoms with Crippen molar-refractivity contribution in [3.8, 4) is 11.3 Å². The molecule has 1 aliphatic rings. The first-order chi connectivity index (χ1) is 10.2. The van der Waals surface area contributed by atoms with Gasteiger partial charge in [-0.15, -0.1) is 5.10 Å². The lowest BCUT2D eigenvalue weighted by molar-refractivity contribution is 0.0691. The zero-order chi connectivity index (χ0) is 14.8. The Hall–Kier alpha value is -2.24. The molecule has 1 fully saturated rings. The van der Waals surface area contributed by atoms with Crippen LogP contribution in [-0.4, -0.2) is 31.1 Å². The van der Waals surface area contributed by atoms with E-state index >= 15 is 0 Å². The summed E-state index contributed by atoms with van der Waals surface area (Å²) in [5.41, 5.74) is 1.40. The van der Waals surface area contributed by atoms with E-state index in [9.17, 15) is 9.90 Å². The van der Waals surface area contributed by atoms with E-state index in [-0.39, 0.29) is 11.7 Å². The predicted molar refractivity (Wildman–Crippen MR) is 76.9 cm³/mol. The summed E-state index contributed by atoms with van der Waals surface area (Å²) in [6.07, 6.45) is 7.62. The molecule has 1 N–H and O–H groups in total. The zero-order valence-electron chi connectivity index (χ0n) is 11.9. The highest BCUT2D eigenvalue weighted by atomic mass is 16.4. The Bertz CT molecular complexity index is 630. The Labute approximate surface area is 122 Å². The molecule has 0 aromatic carbocycles. The minimum absolute atomic E-state index is 0.0137. The third-order valence-corrected chi connectivity index (χ3v) is 4.18. The van der Waals surface area contributed by atoms with Crippen molar-refractivity contribution in [3.05, 3.63) is 30.2 Å². The minimum Gasteiger partial charge on any atom is -0.476 e. The van der Waals surface area contributed by atoms with E-state index in [0.717, 1.165) is 37.2 Å². The summed E-state index contributed by atoms with van der Waals surface area (Å²) < 4.78 is 1.80. The quantitative estimate of drug-likeness (QED) is 0.938. The van der Waals surface area contributed by atoms with Crippen LogP contribution in [0.1, 0.15) is 49.1 Å². The van der Waals surface area contributed by atoms with E-state index in [1.54, 1.807) is 29.2 Å². The van der Waals surface area contributed by atoms with Gasteiger partial charge >= 0.3 is 5.97 Å². The molecule has 2 aromatic rings. The number of carboxylic acids is 1. The molecule has 0 bridgehead atoms. The fourth-order valence-electron chi connectivity index (χ4n) is 2.96. The van der Waals surface area contributed by atoms with Crippen molar-refractivity contribution in [2.45, 2.75) is 38.6 Å². The third kappa shape index (κ3) is 2.66. The maximum Gasteiger partial charge on any atom is 0.358 e. The standard InChI is InChI=1S/C15H18N4O2/c1-10-2-4-12(5-3-10)19-14(11-6-8-16-9-7-11)13(15(20)21)17-18-19/h6-10,12H,2-5H2,1H3,(H,20,21). The van der Waals surface area contributed by atoms with Crippen LogP contribution < -0.4 is 0 Å². The van der Waals surface area contributed by atoms with Gasteiger partial charge in [0.15, 0.2) is 5.69 Å². The van der Waals surface area contributed by atoms with Crippen LogP contribution in [0.4, 0.5) is 0 Å². The molecule has 0 atom stereocenters. The molecule has 110 valence electrons. The van der Waals surface area contributed by atoms with Crippen molar-refractivity contribution < 1.29 is 9.90 Å². The molecule has 3 rings (SSSR count). The first kappa shape index (κ1) is 13.7. The monoisotopic (exact) mass is 286 g/mol. The van der Waals surface area contributed by atoms with Crippen LogP contribution in [0, 0.1) is 5.92 Å². The van der Waals surface area contributed by atoms with E-state index in [2.05, 4.69) is 22.2 Å². The van der Waals surface area contributed by atoms with Gasteiger partial charge in [-0.25, -0.2) is 9.48 Å². The first-order valence-corrected chi connectivity index (χ1v) is 7.25. The van der Waals surface area contributed by atoms with Crippen molar-refractivity contribution in [1.82, 2.24) is 20.0 Å². The van der Waals surface area contributed by atoms with Crippen LogP contribution in [0.25, 0.3) is 11.3 Å². The van der Waals surface area contributed by atoms with Crippen molar-refractivity contribution in [1.29, 1.82) is 0 Å². The lowest BCUT2D eigenvalue weighted by Gasteiger charge is -2.27. The Morgan fingerprint density at radius 1 is 1.24 bits per heavy atom. The SMILES string of the molecule is CC1CCC(n2nnc(C(=O)O)c2-c2ccncc2)CC1. The summed E-state index contributed by atoms with van der Waals surface area (Å²) in [6.45, 7) is 2.25. The number of nitrogens with zero attached hydrogens (tertiary/aromatic N) is 4. The molecular weight excluding hydrogens is 268 g/mol. The molecule has 1 saturated carbocycles. The lowest BCUT2D eigenvalue weighted by Crippen LogP contribution is -2.19. The van der Waals surface area contributed by atoms with Crippen molar-refractivity contribution in [2.75, 3.05) is 0 Å². The number of rotatable bonds is 3. The molecule has 21 heavy (non-hydrogen) atoms. The third-order valence-electron chi connectivity index (χ3n) is 4.18. The fourth-order valence-corrected chi connectivity index (χ4v) is 2.96. The van der Waals surface area contributed by atoms with Gasteiger partial charge in [-0.1, -0.05) is 12.1 Å². The highest BCUT2D eigenvalue weighted by Gasteiger charge is 2.27. The average Bonchev–Trinajstić information content (AvgIpc) is 2.94. The van der Waals surface area contributed by atoms with E-state index in [0.29, 0.717) is 5.69 Å². The number of carboxylic acid groups (broad SMARTS) is 1. The smallest absolute Gasteiger partial charge is 0.358 e. The predicted octanol–water partition coefficient (Wildman–Crippen LogP) is 2.79. The highest BCUT2D eigenvalue weighted by Crippen LogP contribution is 2.35. The number of carbonyl (C=O) groups is 1. The summed E-state index contributed by atoms with van der Waals surface area (Å²) in [5.74, 6) is -0.315. The van der Waals surface area contributed by atoms with E-state index in [1.165, 1.54) is 0 Å². The van der Waals surface area contributed by atoms with Crippen molar-refractivity contribution in [2.24, 2.45) is 5.92 Å². The Kier molecular flexibility index (Phi) is 3.68. The minimum atomic E-state index is -1.04. The number of aromatic carboxylic acids is 1. The van der Waals surface area contributed by atoms with Crippen LogP contribution >= 0.6 is 0 Å². The van der Waals surface area contributed by atoms with Crippen LogP contribution in [0.5, 0.6) is 0 Å². The molecule has 0 amide bonds. The maximum absolute atomic E-state index is 11.4. The number of hydrogen-bond donors (Lipinski definition) is 1. The molecule has 0 aliphatic heterocycles. The van der Waals surface area contributed by atoms with Gasteiger partial charge in [-0.2, -0.15) is 0 Å². The van der Waals surface area contributed by atoms with Gasteiger partial charge in [0, 0.05) is 18.0 Å². The largest absolute Gasteiger partial charge is 0.476 e.